The van der Waals surface area contributed by atoms with E-state index in [1.807, 2.05) is 0 Å². The zero-order valence-corrected chi connectivity index (χ0v) is 4.47. The molecule has 0 radical (unpaired) electrons. The topological polar surface area (TPSA) is 38.7 Å². The summed E-state index contributed by atoms with van der Waals surface area (Å²) in [7, 11) is 0. The van der Waals surface area contributed by atoms with Gasteiger partial charge in [-0.05, 0) is 0 Å². The minimum Gasteiger partial charge on any atom is -0.412 e. The summed E-state index contributed by atoms with van der Waals surface area (Å²) in [6.07, 6.45) is -0.287. The summed E-state index contributed by atoms with van der Waals surface area (Å²) in [4.78, 5) is 14.0. The van der Waals surface area contributed by atoms with E-state index in [4.69, 9.17) is 2.74 Å². The standard InChI is InChI=1S/C5H7NO2/c1-4-6-3-2-5(7)8-4/h2-3H2,1H3/i3T2. The van der Waals surface area contributed by atoms with Crippen molar-refractivity contribution in [2.75, 3.05) is 6.50 Å². The van der Waals surface area contributed by atoms with Crippen molar-refractivity contribution in [1.29, 1.82) is 0 Å². The fourth-order valence-electron chi connectivity index (χ4n) is 0.439. The first-order chi connectivity index (χ1) is 4.49. The summed E-state index contributed by atoms with van der Waals surface area (Å²) >= 11 is 0. The lowest BCUT2D eigenvalue weighted by Crippen LogP contribution is -2.15. The van der Waals surface area contributed by atoms with Crippen LogP contribution in [0, 0.1) is 0 Å². The Morgan fingerprint density at radius 1 is 2.00 bits per heavy atom. The smallest absolute Gasteiger partial charge is 0.314 e. The van der Waals surface area contributed by atoms with Crippen LogP contribution in [-0.2, 0) is 9.53 Å². The van der Waals surface area contributed by atoms with Gasteiger partial charge in [-0.2, -0.15) is 0 Å². The summed E-state index contributed by atoms with van der Waals surface area (Å²) in [6, 6.07) is 0. The summed E-state index contributed by atoms with van der Waals surface area (Å²) in [6.45, 7) is -0.311. The molecule has 1 aliphatic rings. The van der Waals surface area contributed by atoms with Gasteiger partial charge in [-0.1, -0.05) is 0 Å². The average Bonchev–Trinajstić information content (AvgIpc) is 1.54. The van der Waals surface area contributed by atoms with Crippen molar-refractivity contribution in [2.24, 2.45) is 4.99 Å². The Morgan fingerprint density at radius 2 is 2.75 bits per heavy atom. The molecule has 1 aliphatic heterocycles. The van der Waals surface area contributed by atoms with Crippen molar-refractivity contribution in [1.82, 2.24) is 0 Å². The fraction of sp³-hybridized carbons (Fsp3) is 0.600. The fourth-order valence-corrected chi connectivity index (χ4v) is 0.439. The van der Waals surface area contributed by atoms with Crippen LogP contribution in [0.4, 0.5) is 0 Å². The molecule has 0 saturated heterocycles. The maximum Gasteiger partial charge on any atom is 0.314 e. The highest BCUT2D eigenvalue weighted by Crippen LogP contribution is 1.96. The maximum absolute atomic E-state index is 10.5. The molecule has 0 bridgehead atoms. The third kappa shape index (κ3) is 1.05. The Kier molecular flexibility index (Phi) is 0.782. The van der Waals surface area contributed by atoms with Crippen LogP contribution in [0.25, 0.3) is 0 Å². The van der Waals surface area contributed by atoms with Crippen molar-refractivity contribution in [3.63, 3.8) is 0 Å². The van der Waals surface area contributed by atoms with Crippen LogP contribution in [0.15, 0.2) is 4.99 Å². The molecule has 0 N–H and O–H groups in total. The zero-order valence-electron chi connectivity index (χ0n) is 6.47. The molecule has 0 aromatic carbocycles. The van der Waals surface area contributed by atoms with E-state index >= 15 is 0 Å². The second kappa shape index (κ2) is 1.94. The molecule has 0 aliphatic carbocycles. The Hall–Kier alpha value is -0.860. The number of carbonyl (C=O) groups is 1. The van der Waals surface area contributed by atoms with Crippen LogP contribution in [0.2, 0.25) is 0 Å². The number of ether oxygens (including phenoxy) is 1. The van der Waals surface area contributed by atoms with Gasteiger partial charge in [0.05, 0.1) is 15.7 Å². The molecule has 44 valence electrons. The lowest BCUT2D eigenvalue weighted by atomic mass is 10.4. The van der Waals surface area contributed by atoms with Crippen LogP contribution >= 0.6 is 0 Å². The molecule has 0 saturated carbocycles. The molecule has 0 aromatic heterocycles. The van der Waals surface area contributed by atoms with E-state index in [0.717, 1.165) is 0 Å². The van der Waals surface area contributed by atoms with Crippen LogP contribution in [0.5, 0.6) is 0 Å². The van der Waals surface area contributed by atoms with Gasteiger partial charge in [0.15, 0.2) is 5.90 Å². The Bertz CT molecular complexity index is 200. The molecule has 0 amide bonds. The first-order valence-electron chi connectivity index (χ1n) is 3.27. The molecule has 0 atom stereocenters. The van der Waals surface area contributed by atoms with Crippen molar-refractivity contribution in [3.05, 3.63) is 0 Å². The monoisotopic (exact) mass is 117 g/mol. The largest absolute Gasteiger partial charge is 0.412 e. The molecule has 1 rings (SSSR count). The number of rotatable bonds is 0. The van der Waals surface area contributed by atoms with Crippen LogP contribution < -0.4 is 0 Å². The molecule has 3 nitrogen and oxygen atoms in total. The van der Waals surface area contributed by atoms with Gasteiger partial charge in [0.1, 0.15) is 0 Å². The highest BCUT2D eigenvalue weighted by atomic mass is 16.5. The Labute approximate surface area is 50.2 Å². The number of hydrogen-bond donors (Lipinski definition) is 0. The molecule has 1 heterocycles. The number of aliphatic imine (C=N–C) groups is 1. The predicted octanol–water partition coefficient (Wildman–Crippen LogP) is 0.352. The summed E-state index contributed by atoms with van der Waals surface area (Å²) in [5.74, 6) is -0.459. The van der Waals surface area contributed by atoms with E-state index < -0.39 is 12.5 Å². The van der Waals surface area contributed by atoms with Gasteiger partial charge in [0.2, 0.25) is 0 Å². The van der Waals surface area contributed by atoms with E-state index in [1.54, 1.807) is 0 Å². The molecule has 8 heavy (non-hydrogen) atoms. The summed E-state index contributed by atoms with van der Waals surface area (Å²) < 4.78 is 18.6. The average molecular weight is 117 g/mol. The van der Waals surface area contributed by atoms with Crippen LogP contribution in [-0.4, -0.2) is 18.4 Å². The molecule has 0 unspecified atom stereocenters. The minimum atomic E-state index is -1.76. The minimum absolute atomic E-state index is 0.0984. The SMILES string of the molecule is [3H]C1([3H])CC(=O)OC(C)=N1. The Morgan fingerprint density at radius 3 is 3.25 bits per heavy atom. The molecular formula is C5H7NO2. The van der Waals surface area contributed by atoms with Gasteiger partial charge in [-0.3, -0.25) is 9.79 Å². The lowest BCUT2D eigenvalue weighted by molar-refractivity contribution is -0.136. The second-order valence-corrected chi connectivity index (χ2v) is 1.44. The van der Waals surface area contributed by atoms with Gasteiger partial charge in [0.25, 0.3) is 0 Å². The highest BCUT2D eigenvalue weighted by Gasteiger charge is 2.08. The van der Waals surface area contributed by atoms with Gasteiger partial charge < -0.3 is 4.74 Å². The molecule has 3 heteroatoms. The maximum atomic E-state index is 10.5. The van der Waals surface area contributed by atoms with E-state index in [2.05, 4.69) is 9.73 Å². The third-order valence-corrected chi connectivity index (χ3v) is 0.721. The second-order valence-electron chi connectivity index (χ2n) is 1.44. The van der Waals surface area contributed by atoms with Gasteiger partial charge >= 0.3 is 5.97 Å². The van der Waals surface area contributed by atoms with E-state index in [0.29, 0.717) is 0 Å². The lowest BCUT2D eigenvalue weighted by Gasteiger charge is -2.06. The quantitative estimate of drug-likeness (QED) is 0.429. The van der Waals surface area contributed by atoms with Crippen LogP contribution in [0.1, 0.15) is 16.1 Å². The first kappa shape index (κ1) is 3.22. The normalized spacial score (nSPS) is 29.6. The molecular weight excluding hydrogens is 106 g/mol. The van der Waals surface area contributed by atoms with Gasteiger partial charge in [-0.25, -0.2) is 0 Å². The van der Waals surface area contributed by atoms with Gasteiger partial charge in [0, 0.05) is 6.92 Å². The number of carbonyl (C=O) groups excluding carboxylic acids is 1. The first-order valence-corrected chi connectivity index (χ1v) is 2.27. The number of esters is 1. The van der Waals surface area contributed by atoms with Crippen molar-refractivity contribution in [2.45, 2.75) is 13.3 Å². The van der Waals surface area contributed by atoms with Crippen molar-refractivity contribution >= 4 is 11.9 Å². The van der Waals surface area contributed by atoms with E-state index in [9.17, 15) is 4.79 Å². The molecule has 0 spiro atoms. The number of hydrogen-bond acceptors (Lipinski definition) is 3. The predicted molar refractivity (Wildman–Crippen MR) is 28.7 cm³/mol. The zero-order chi connectivity index (χ0) is 7.78. The molecule has 0 fully saturated rings. The Balaban J connectivity index is 2.83. The van der Waals surface area contributed by atoms with E-state index in [-0.39, 0.29) is 12.3 Å². The summed E-state index contributed by atoms with van der Waals surface area (Å²) in [5.41, 5.74) is 0. The molecule has 0 aromatic rings. The highest BCUT2D eigenvalue weighted by molar-refractivity contribution is 5.89. The number of cyclic esters (lactones) is 1. The number of nitrogens with zero attached hydrogens (tertiary/aromatic N) is 1. The van der Waals surface area contributed by atoms with Gasteiger partial charge in [-0.15, -0.1) is 0 Å². The van der Waals surface area contributed by atoms with E-state index in [1.165, 1.54) is 6.92 Å². The summed E-state index contributed by atoms with van der Waals surface area (Å²) in [5, 5.41) is 0. The third-order valence-electron chi connectivity index (χ3n) is 0.721. The van der Waals surface area contributed by atoms with Crippen LogP contribution in [0.3, 0.4) is 0 Å². The van der Waals surface area contributed by atoms with Crippen molar-refractivity contribution < 1.29 is 12.3 Å². The van der Waals surface area contributed by atoms with Crippen molar-refractivity contribution in [3.8, 4) is 0 Å².